The van der Waals surface area contributed by atoms with E-state index in [2.05, 4.69) is 15.3 Å². The first-order valence-electron chi connectivity index (χ1n) is 9.41. The number of amides is 1. The van der Waals surface area contributed by atoms with Crippen LogP contribution in [-0.2, 0) is 7.05 Å². The lowest BCUT2D eigenvalue weighted by atomic mass is 10.1. The fraction of sp³-hybridized carbons (Fsp3) is 0.227. The van der Waals surface area contributed by atoms with Crippen LogP contribution < -0.4 is 10.9 Å². The maximum Gasteiger partial charge on any atom is 0.258 e. The lowest BCUT2D eigenvalue weighted by molar-refractivity contribution is 0.0935. The SMILES string of the molecule is CSCCC(NC(=O)c1cn(C)c(=O)c2ccccc12)c1nc2ccccc2[nH]1. The Kier molecular flexibility index (Phi) is 5.40. The molecule has 1 amide bonds. The molecule has 0 aliphatic rings. The highest BCUT2D eigenvalue weighted by molar-refractivity contribution is 7.98. The third kappa shape index (κ3) is 3.78. The molecular formula is C22H22N4O2S. The fourth-order valence-corrected chi connectivity index (χ4v) is 3.96. The molecule has 0 saturated carbocycles. The molecule has 0 fully saturated rings. The van der Waals surface area contributed by atoms with Gasteiger partial charge in [-0.2, -0.15) is 11.8 Å². The molecule has 4 aromatic rings. The van der Waals surface area contributed by atoms with Gasteiger partial charge in [0.15, 0.2) is 0 Å². The predicted molar refractivity (Wildman–Crippen MR) is 118 cm³/mol. The monoisotopic (exact) mass is 406 g/mol. The van der Waals surface area contributed by atoms with Crippen molar-refractivity contribution < 1.29 is 4.79 Å². The Hall–Kier alpha value is -3.06. The summed E-state index contributed by atoms with van der Waals surface area (Å²) in [5.74, 6) is 1.40. The summed E-state index contributed by atoms with van der Waals surface area (Å²) >= 11 is 1.72. The van der Waals surface area contributed by atoms with E-state index in [1.54, 1.807) is 37.1 Å². The molecule has 2 N–H and O–H groups in total. The van der Waals surface area contributed by atoms with Gasteiger partial charge in [-0.25, -0.2) is 4.98 Å². The molecule has 2 heterocycles. The molecule has 6 nitrogen and oxygen atoms in total. The van der Waals surface area contributed by atoms with Crippen LogP contribution in [0.15, 0.2) is 59.5 Å². The van der Waals surface area contributed by atoms with Crippen molar-refractivity contribution in [1.82, 2.24) is 19.9 Å². The van der Waals surface area contributed by atoms with Gasteiger partial charge in [-0.15, -0.1) is 0 Å². The first kappa shape index (κ1) is 19.3. The van der Waals surface area contributed by atoms with Crippen LogP contribution >= 0.6 is 11.8 Å². The van der Waals surface area contributed by atoms with Gasteiger partial charge in [0.05, 0.1) is 22.6 Å². The number of aromatic amines is 1. The highest BCUT2D eigenvalue weighted by Crippen LogP contribution is 2.22. The van der Waals surface area contributed by atoms with E-state index >= 15 is 0 Å². The van der Waals surface area contributed by atoms with E-state index in [0.29, 0.717) is 16.3 Å². The summed E-state index contributed by atoms with van der Waals surface area (Å²) in [6, 6.07) is 14.8. The molecule has 0 radical (unpaired) electrons. The summed E-state index contributed by atoms with van der Waals surface area (Å²) in [6.45, 7) is 0. The standard InChI is InChI=1S/C22H22N4O2S/c1-26-13-16(14-7-3-4-8-15(14)22(26)28)21(27)25-19(11-12-29-2)20-23-17-9-5-6-10-18(17)24-20/h3-10,13,19H,11-12H2,1-2H3,(H,23,24)(H,25,27). The number of nitrogens with one attached hydrogen (secondary N) is 2. The fourth-order valence-electron chi connectivity index (χ4n) is 3.48. The summed E-state index contributed by atoms with van der Waals surface area (Å²) < 4.78 is 1.45. The number of imidazole rings is 1. The number of carbonyl (C=O) groups excluding carboxylic acids is 1. The topological polar surface area (TPSA) is 79.8 Å². The van der Waals surface area contributed by atoms with E-state index < -0.39 is 0 Å². The predicted octanol–water partition coefficient (Wildman–Crippen LogP) is 3.64. The van der Waals surface area contributed by atoms with Crippen molar-refractivity contribution in [2.75, 3.05) is 12.0 Å². The first-order valence-corrected chi connectivity index (χ1v) is 10.8. The molecule has 0 saturated heterocycles. The first-order chi connectivity index (χ1) is 14.1. The van der Waals surface area contributed by atoms with Crippen LogP contribution in [0, 0.1) is 0 Å². The highest BCUT2D eigenvalue weighted by Gasteiger charge is 2.21. The van der Waals surface area contributed by atoms with Gasteiger partial charge in [-0.05, 0) is 36.6 Å². The number of rotatable bonds is 6. The number of aromatic nitrogens is 3. The summed E-state index contributed by atoms with van der Waals surface area (Å²) in [7, 11) is 1.66. The zero-order chi connectivity index (χ0) is 20.4. The molecule has 0 bridgehead atoms. The quantitative estimate of drug-likeness (QED) is 0.512. The molecule has 2 aromatic heterocycles. The van der Waals surface area contributed by atoms with Crippen LogP contribution in [0.3, 0.4) is 0 Å². The second-order valence-electron chi connectivity index (χ2n) is 6.95. The van der Waals surface area contributed by atoms with Gasteiger partial charge in [0.25, 0.3) is 11.5 Å². The molecular weight excluding hydrogens is 384 g/mol. The van der Waals surface area contributed by atoms with E-state index in [1.165, 1.54) is 4.57 Å². The van der Waals surface area contributed by atoms with Gasteiger partial charge in [-0.3, -0.25) is 9.59 Å². The lowest BCUT2D eigenvalue weighted by Crippen LogP contribution is -2.31. The molecule has 0 aliphatic heterocycles. The number of carbonyl (C=O) groups is 1. The Labute approximate surface area is 172 Å². The maximum atomic E-state index is 13.2. The number of fused-ring (bicyclic) bond motifs is 2. The molecule has 0 aliphatic carbocycles. The van der Waals surface area contributed by atoms with Crippen molar-refractivity contribution in [3.8, 4) is 0 Å². The summed E-state index contributed by atoms with van der Waals surface area (Å²) in [4.78, 5) is 33.6. The average molecular weight is 407 g/mol. The van der Waals surface area contributed by atoms with Crippen LogP contribution in [0.4, 0.5) is 0 Å². The highest BCUT2D eigenvalue weighted by atomic mass is 32.2. The van der Waals surface area contributed by atoms with Crippen LogP contribution in [0.25, 0.3) is 21.8 Å². The minimum atomic E-state index is -0.252. The second-order valence-corrected chi connectivity index (χ2v) is 7.94. The zero-order valence-electron chi connectivity index (χ0n) is 16.3. The van der Waals surface area contributed by atoms with Crippen molar-refractivity contribution in [1.29, 1.82) is 0 Å². The van der Waals surface area contributed by atoms with Gasteiger partial charge >= 0.3 is 0 Å². The largest absolute Gasteiger partial charge is 0.342 e. The van der Waals surface area contributed by atoms with Gasteiger partial charge in [0.2, 0.25) is 0 Å². The molecule has 2 aromatic carbocycles. The normalized spacial score (nSPS) is 12.3. The Balaban J connectivity index is 1.71. The van der Waals surface area contributed by atoms with Crippen LogP contribution in [0.1, 0.15) is 28.6 Å². The number of hydrogen-bond acceptors (Lipinski definition) is 4. The number of thioether (sulfide) groups is 1. The van der Waals surface area contributed by atoms with Crippen molar-refractivity contribution in [3.05, 3.63) is 76.5 Å². The Morgan fingerprint density at radius 2 is 1.90 bits per heavy atom. The lowest BCUT2D eigenvalue weighted by Gasteiger charge is -2.17. The molecule has 148 valence electrons. The minimum absolute atomic E-state index is 0.117. The van der Waals surface area contributed by atoms with E-state index in [9.17, 15) is 9.59 Å². The van der Waals surface area contributed by atoms with Crippen molar-refractivity contribution >= 4 is 39.5 Å². The van der Waals surface area contributed by atoms with Gasteiger partial charge < -0.3 is 14.9 Å². The van der Waals surface area contributed by atoms with E-state index in [1.807, 2.05) is 42.7 Å². The van der Waals surface area contributed by atoms with Crippen LogP contribution in [0.2, 0.25) is 0 Å². The number of aryl methyl sites for hydroxylation is 1. The second kappa shape index (κ2) is 8.13. The molecule has 1 unspecified atom stereocenters. The van der Waals surface area contributed by atoms with Crippen molar-refractivity contribution in [2.24, 2.45) is 7.05 Å². The zero-order valence-corrected chi connectivity index (χ0v) is 17.1. The van der Waals surface area contributed by atoms with Crippen molar-refractivity contribution in [3.63, 3.8) is 0 Å². The number of hydrogen-bond donors (Lipinski definition) is 2. The number of H-pyrrole nitrogens is 1. The number of nitrogens with zero attached hydrogens (tertiary/aromatic N) is 2. The van der Waals surface area contributed by atoms with Crippen LogP contribution in [0.5, 0.6) is 0 Å². The maximum absolute atomic E-state index is 13.2. The van der Waals surface area contributed by atoms with E-state index in [-0.39, 0.29) is 17.5 Å². The van der Waals surface area contributed by atoms with Gasteiger partial charge in [0, 0.05) is 24.0 Å². The smallest absolute Gasteiger partial charge is 0.258 e. The average Bonchev–Trinajstić information content (AvgIpc) is 3.17. The van der Waals surface area contributed by atoms with Crippen LogP contribution in [-0.4, -0.2) is 32.5 Å². The summed E-state index contributed by atoms with van der Waals surface area (Å²) in [5.41, 5.74) is 2.18. The molecule has 1 atom stereocenters. The molecule has 4 rings (SSSR count). The summed E-state index contributed by atoms with van der Waals surface area (Å²) in [5, 5.41) is 4.31. The Morgan fingerprint density at radius 3 is 2.66 bits per heavy atom. The Morgan fingerprint density at radius 1 is 1.17 bits per heavy atom. The van der Waals surface area contributed by atoms with E-state index in [4.69, 9.17) is 0 Å². The Bertz CT molecular complexity index is 1210. The van der Waals surface area contributed by atoms with E-state index in [0.717, 1.165) is 29.0 Å². The third-order valence-electron chi connectivity index (χ3n) is 4.99. The van der Waals surface area contributed by atoms with Gasteiger partial charge in [0.1, 0.15) is 5.82 Å². The summed E-state index contributed by atoms with van der Waals surface area (Å²) in [6.07, 6.45) is 4.39. The number of pyridine rings is 1. The number of para-hydroxylation sites is 2. The van der Waals surface area contributed by atoms with Crippen molar-refractivity contribution in [2.45, 2.75) is 12.5 Å². The molecule has 0 spiro atoms. The molecule has 29 heavy (non-hydrogen) atoms. The number of benzene rings is 2. The third-order valence-corrected chi connectivity index (χ3v) is 5.63. The minimum Gasteiger partial charge on any atom is -0.342 e. The van der Waals surface area contributed by atoms with Gasteiger partial charge in [-0.1, -0.05) is 30.3 Å². The molecule has 7 heteroatoms.